The fourth-order valence-corrected chi connectivity index (χ4v) is 0.861. The summed E-state index contributed by atoms with van der Waals surface area (Å²) in [6.45, 7) is 11.7. The third-order valence-electron chi connectivity index (χ3n) is 1.58. The molecule has 0 aromatic heterocycles. The van der Waals surface area contributed by atoms with E-state index in [4.69, 9.17) is 0 Å². The number of rotatable bonds is 4. The average molecular weight is 136 g/mol. The van der Waals surface area contributed by atoms with Crippen LogP contribution in [0.5, 0.6) is 0 Å². The summed E-state index contributed by atoms with van der Waals surface area (Å²) in [7, 11) is 0. The molecule has 0 rings (SSSR count). The summed E-state index contributed by atoms with van der Waals surface area (Å²) in [6.07, 6.45) is 6.08. The van der Waals surface area contributed by atoms with Crippen LogP contribution in [0.4, 0.5) is 0 Å². The minimum Gasteiger partial charge on any atom is -0.0988 e. The molecule has 0 aliphatic rings. The SMILES string of the molecule is C=C/C(C)=C(\C=C)CCC. The van der Waals surface area contributed by atoms with Crippen LogP contribution < -0.4 is 0 Å². The van der Waals surface area contributed by atoms with Crippen molar-refractivity contribution in [1.29, 1.82) is 0 Å². The van der Waals surface area contributed by atoms with Gasteiger partial charge in [-0.05, 0) is 24.5 Å². The summed E-state index contributed by atoms with van der Waals surface area (Å²) in [5.41, 5.74) is 2.56. The summed E-state index contributed by atoms with van der Waals surface area (Å²) in [5.74, 6) is 0. The van der Waals surface area contributed by atoms with E-state index in [2.05, 4.69) is 27.0 Å². The number of hydrogen-bond donors (Lipinski definition) is 0. The van der Waals surface area contributed by atoms with Gasteiger partial charge in [-0.2, -0.15) is 0 Å². The molecule has 10 heavy (non-hydrogen) atoms. The third-order valence-corrected chi connectivity index (χ3v) is 1.58. The smallest absolute Gasteiger partial charge is 0.0279 e. The minimum atomic E-state index is 1.11. The Labute approximate surface area is 64.0 Å². The molecule has 0 bridgehead atoms. The van der Waals surface area contributed by atoms with Gasteiger partial charge in [0.05, 0.1) is 0 Å². The second kappa shape index (κ2) is 5.04. The molecular weight excluding hydrogens is 120 g/mol. The van der Waals surface area contributed by atoms with Crippen molar-refractivity contribution in [3.8, 4) is 0 Å². The fraction of sp³-hybridized carbons (Fsp3) is 0.400. The highest BCUT2D eigenvalue weighted by Crippen LogP contribution is 2.11. The molecule has 0 heterocycles. The monoisotopic (exact) mass is 136 g/mol. The lowest BCUT2D eigenvalue weighted by atomic mass is 10.1. The van der Waals surface area contributed by atoms with Gasteiger partial charge in [0.15, 0.2) is 0 Å². The summed E-state index contributed by atoms with van der Waals surface area (Å²) < 4.78 is 0. The van der Waals surface area contributed by atoms with E-state index in [0.717, 1.165) is 6.42 Å². The first-order valence-corrected chi connectivity index (χ1v) is 3.70. The van der Waals surface area contributed by atoms with Crippen LogP contribution in [-0.4, -0.2) is 0 Å². The highest BCUT2D eigenvalue weighted by atomic mass is 14.0. The van der Waals surface area contributed by atoms with Crippen molar-refractivity contribution in [1.82, 2.24) is 0 Å². The molecule has 0 heteroatoms. The molecule has 0 unspecified atom stereocenters. The fourth-order valence-electron chi connectivity index (χ4n) is 0.861. The minimum absolute atomic E-state index is 1.11. The van der Waals surface area contributed by atoms with Crippen molar-refractivity contribution >= 4 is 0 Å². The molecule has 0 N–H and O–H groups in total. The Kier molecular flexibility index (Phi) is 4.65. The van der Waals surface area contributed by atoms with Crippen molar-refractivity contribution in [2.75, 3.05) is 0 Å². The first-order valence-electron chi connectivity index (χ1n) is 3.70. The molecule has 0 aliphatic carbocycles. The van der Waals surface area contributed by atoms with E-state index in [1.807, 2.05) is 12.2 Å². The summed E-state index contributed by atoms with van der Waals surface area (Å²) in [4.78, 5) is 0. The Hall–Kier alpha value is -0.780. The molecule has 0 fully saturated rings. The molecule has 0 aromatic rings. The molecule has 0 radical (unpaired) electrons. The maximum absolute atomic E-state index is 3.74. The zero-order chi connectivity index (χ0) is 7.98. The van der Waals surface area contributed by atoms with Crippen molar-refractivity contribution in [2.45, 2.75) is 26.7 Å². The Morgan fingerprint density at radius 1 is 1.30 bits per heavy atom. The van der Waals surface area contributed by atoms with E-state index in [1.54, 1.807) is 0 Å². The zero-order valence-electron chi connectivity index (χ0n) is 6.98. The maximum atomic E-state index is 3.74. The van der Waals surface area contributed by atoms with Gasteiger partial charge in [-0.25, -0.2) is 0 Å². The molecule has 56 valence electrons. The van der Waals surface area contributed by atoms with Crippen LogP contribution in [0, 0.1) is 0 Å². The van der Waals surface area contributed by atoms with Crippen LogP contribution in [0.1, 0.15) is 26.7 Å². The molecule has 0 atom stereocenters. The van der Waals surface area contributed by atoms with Crippen molar-refractivity contribution in [3.63, 3.8) is 0 Å². The van der Waals surface area contributed by atoms with Gasteiger partial charge < -0.3 is 0 Å². The van der Waals surface area contributed by atoms with Crippen LogP contribution in [0.25, 0.3) is 0 Å². The summed E-state index contributed by atoms with van der Waals surface area (Å²) in [5, 5.41) is 0. The largest absolute Gasteiger partial charge is 0.0988 e. The highest BCUT2D eigenvalue weighted by Gasteiger charge is 1.91. The number of hydrogen-bond acceptors (Lipinski definition) is 0. The molecular formula is C10H16. The quantitative estimate of drug-likeness (QED) is 0.519. The molecule has 0 saturated carbocycles. The highest BCUT2D eigenvalue weighted by molar-refractivity contribution is 5.29. The van der Waals surface area contributed by atoms with Gasteiger partial charge in [0.1, 0.15) is 0 Å². The Morgan fingerprint density at radius 2 is 1.90 bits per heavy atom. The second-order valence-electron chi connectivity index (χ2n) is 2.37. The maximum Gasteiger partial charge on any atom is -0.0279 e. The van der Waals surface area contributed by atoms with Crippen molar-refractivity contribution in [3.05, 3.63) is 36.5 Å². The van der Waals surface area contributed by atoms with Crippen LogP contribution in [0.15, 0.2) is 36.5 Å². The zero-order valence-corrected chi connectivity index (χ0v) is 6.98. The van der Waals surface area contributed by atoms with E-state index in [9.17, 15) is 0 Å². The van der Waals surface area contributed by atoms with Crippen LogP contribution in [0.3, 0.4) is 0 Å². The van der Waals surface area contributed by atoms with Crippen LogP contribution >= 0.6 is 0 Å². The van der Waals surface area contributed by atoms with Gasteiger partial charge in [-0.1, -0.05) is 38.7 Å². The van der Waals surface area contributed by atoms with Crippen molar-refractivity contribution in [2.24, 2.45) is 0 Å². The van der Waals surface area contributed by atoms with E-state index in [1.165, 1.54) is 17.6 Å². The normalized spacial score (nSPS) is 12.2. The van der Waals surface area contributed by atoms with Gasteiger partial charge in [-0.3, -0.25) is 0 Å². The van der Waals surface area contributed by atoms with Crippen molar-refractivity contribution < 1.29 is 0 Å². The van der Waals surface area contributed by atoms with Gasteiger partial charge in [0.25, 0.3) is 0 Å². The molecule has 0 saturated heterocycles. The second-order valence-corrected chi connectivity index (χ2v) is 2.37. The molecule has 0 aliphatic heterocycles. The van der Waals surface area contributed by atoms with Gasteiger partial charge in [0, 0.05) is 0 Å². The molecule has 0 nitrogen and oxygen atoms in total. The van der Waals surface area contributed by atoms with Gasteiger partial charge >= 0.3 is 0 Å². The van der Waals surface area contributed by atoms with E-state index in [0.29, 0.717) is 0 Å². The lowest BCUT2D eigenvalue weighted by Gasteiger charge is -2.01. The summed E-state index contributed by atoms with van der Waals surface area (Å²) in [6, 6.07) is 0. The third kappa shape index (κ3) is 2.67. The predicted molar refractivity (Wildman–Crippen MR) is 48.0 cm³/mol. The lowest BCUT2D eigenvalue weighted by Crippen LogP contribution is -1.81. The first kappa shape index (κ1) is 9.22. The van der Waals surface area contributed by atoms with E-state index < -0.39 is 0 Å². The Bertz CT molecular complexity index is 149. The van der Waals surface area contributed by atoms with Gasteiger partial charge in [0.2, 0.25) is 0 Å². The van der Waals surface area contributed by atoms with E-state index in [-0.39, 0.29) is 0 Å². The van der Waals surface area contributed by atoms with Crippen LogP contribution in [0.2, 0.25) is 0 Å². The first-order chi connectivity index (χ1) is 4.76. The average Bonchev–Trinajstić information content (AvgIpc) is 1.99. The Balaban J connectivity index is 4.28. The molecule has 0 aromatic carbocycles. The van der Waals surface area contributed by atoms with Crippen LogP contribution in [-0.2, 0) is 0 Å². The van der Waals surface area contributed by atoms with E-state index >= 15 is 0 Å². The van der Waals surface area contributed by atoms with Gasteiger partial charge in [-0.15, -0.1) is 0 Å². The lowest BCUT2D eigenvalue weighted by molar-refractivity contribution is 0.918. The number of allylic oxidation sites excluding steroid dienone is 4. The topological polar surface area (TPSA) is 0 Å². The predicted octanol–water partition coefficient (Wildman–Crippen LogP) is 3.48. The Morgan fingerprint density at radius 3 is 2.20 bits per heavy atom. The molecule has 0 spiro atoms. The molecule has 0 amide bonds. The summed E-state index contributed by atoms with van der Waals surface area (Å²) >= 11 is 0. The standard InChI is InChI=1S/C10H16/c1-5-8-10(7-3)9(4)6-2/h6-7H,2-3,5,8H2,1,4H3/b10-9+.